The molecule has 1 saturated heterocycles. The van der Waals surface area contributed by atoms with Crippen molar-refractivity contribution in [2.45, 2.75) is 25.4 Å². The number of likely N-dealkylation sites (N-methyl/N-ethyl adjacent to an activating group) is 1. The van der Waals surface area contributed by atoms with Gasteiger partial charge in [0.2, 0.25) is 11.8 Å². The van der Waals surface area contributed by atoms with Gasteiger partial charge in [0.05, 0.1) is 25.3 Å². The second-order valence-electron chi connectivity index (χ2n) is 7.41. The summed E-state index contributed by atoms with van der Waals surface area (Å²) in [5.41, 5.74) is 0.777. The molecule has 3 amide bonds. The van der Waals surface area contributed by atoms with E-state index >= 15 is 0 Å². The predicted molar refractivity (Wildman–Crippen MR) is 105 cm³/mol. The zero-order valence-corrected chi connectivity index (χ0v) is 16.5. The standard InChI is InChI=1S/C20H28N4O4/c1-22(2)19(26)12-21-18(25)14-24-13-17(20(27)23-10-6-3-7-11-23)28-16-9-5-4-8-15(16)24/h4-5,8-9,17H,3,6-7,10-14H2,1-2H3,(H,21,25)/t17-/m0/s1. The number of hydrogen-bond donors (Lipinski definition) is 1. The molecule has 0 bridgehead atoms. The molecule has 0 saturated carbocycles. The van der Waals surface area contributed by atoms with Crippen LogP contribution in [0.15, 0.2) is 24.3 Å². The van der Waals surface area contributed by atoms with E-state index < -0.39 is 6.10 Å². The molecule has 28 heavy (non-hydrogen) atoms. The molecule has 3 rings (SSSR count). The van der Waals surface area contributed by atoms with Gasteiger partial charge in [-0.2, -0.15) is 0 Å². The molecule has 2 heterocycles. The topological polar surface area (TPSA) is 82.2 Å². The van der Waals surface area contributed by atoms with E-state index in [-0.39, 0.29) is 30.8 Å². The highest BCUT2D eigenvalue weighted by atomic mass is 16.5. The number of anilines is 1. The van der Waals surface area contributed by atoms with Gasteiger partial charge in [0.25, 0.3) is 5.91 Å². The Bertz CT molecular complexity index is 731. The normalized spacial score (nSPS) is 18.7. The fraction of sp³-hybridized carbons (Fsp3) is 0.550. The maximum Gasteiger partial charge on any atom is 0.265 e. The molecular weight excluding hydrogens is 360 g/mol. The molecule has 0 unspecified atom stereocenters. The second-order valence-corrected chi connectivity index (χ2v) is 7.41. The third-order valence-electron chi connectivity index (χ3n) is 5.07. The number of likely N-dealkylation sites (tertiary alicyclic amines) is 1. The summed E-state index contributed by atoms with van der Waals surface area (Å²) in [4.78, 5) is 42.1. The largest absolute Gasteiger partial charge is 0.477 e. The first-order valence-corrected chi connectivity index (χ1v) is 9.72. The van der Waals surface area contributed by atoms with Crippen LogP contribution in [-0.4, -0.2) is 80.4 Å². The van der Waals surface area contributed by atoms with Crippen LogP contribution in [0.5, 0.6) is 5.75 Å². The number of piperidine rings is 1. The average Bonchev–Trinajstić information content (AvgIpc) is 2.71. The average molecular weight is 388 g/mol. The molecule has 152 valence electrons. The van der Waals surface area contributed by atoms with Crippen LogP contribution >= 0.6 is 0 Å². The first-order chi connectivity index (χ1) is 13.5. The highest BCUT2D eigenvalue weighted by molar-refractivity contribution is 5.88. The third kappa shape index (κ3) is 4.74. The Morgan fingerprint density at radius 3 is 2.57 bits per heavy atom. The molecule has 8 nitrogen and oxygen atoms in total. The number of ether oxygens (including phenoxy) is 1. The molecule has 1 N–H and O–H groups in total. The minimum Gasteiger partial charge on any atom is -0.477 e. The maximum absolute atomic E-state index is 12.9. The van der Waals surface area contributed by atoms with E-state index in [9.17, 15) is 14.4 Å². The lowest BCUT2D eigenvalue weighted by Crippen LogP contribution is -2.53. The number of hydrogen-bond acceptors (Lipinski definition) is 5. The molecule has 0 spiro atoms. The first kappa shape index (κ1) is 20.0. The van der Waals surface area contributed by atoms with Gasteiger partial charge in [-0.25, -0.2) is 0 Å². The number of fused-ring (bicyclic) bond motifs is 1. The molecule has 2 aliphatic heterocycles. The van der Waals surface area contributed by atoms with E-state index in [2.05, 4.69) is 5.32 Å². The van der Waals surface area contributed by atoms with Crippen LogP contribution in [0.3, 0.4) is 0 Å². The van der Waals surface area contributed by atoms with Crippen molar-refractivity contribution >= 4 is 23.4 Å². The zero-order valence-electron chi connectivity index (χ0n) is 16.5. The van der Waals surface area contributed by atoms with Gasteiger partial charge in [0, 0.05) is 27.2 Å². The van der Waals surface area contributed by atoms with E-state index in [1.165, 1.54) is 4.90 Å². The number of carbonyl (C=O) groups is 3. The van der Waals surface area contributed by atoms with Crippen molar-refractivity contribution in [3.8, 4) is 5.75 Å². The fourth-order valence-electron chi connectivity index (χ4n) is 3.46. The number of para-hydroxylation sites is 2. The van der Waals surface area contributed by atoms with Crippen molar-refractivity contribution in [3.05, 3.63) is 24.3 Å². The van der Waals surface area contributed by atoms with Gasteiger partial charge in [-0.3, -0.25) is 14.4 Å². The third-order valence-corrected chi connectivity index (χ3v) is 5.07. The van der Waals surface area contributed by atoms with Gasteiger partial charge < -0.3 is 24.8 Å². The zero-order chi connectivity index (χ0) is 20.1. The SMILES string of the molecule is CN(C)C(=O)CNC(=O)CN1C[C@@H](C(=O)N2CCCCC2)Oc2ccccc21. The van der Waals surface area contributed by atoms with Crippen molar-refractivity contribution in [1.29, 1.82) is 0 Å². The van der Waals surface area contributed by atoms with Gasteiger partial charge in [-0.05, 0) is 31.4 Å². The van der Waals surface area contributed by atoms with Crippen LogP contribution in [-0.2, 0) is 14.4 Å². The number of nitrogens with zero attached hydrogens (tertiary/aromatic N) is 3. The van der Waals surface area contributed by atoms with E-state index in [0.29, 0.717) is 12.3 Å². The van der Waals surface area contributed by atoms with E-state index in [4.69, 9.17) is 4.74 Å². The predicted octanol–water partition coefficient (Wildman–Crippen LogP) is 0.471. The van der Waals surface area contributed by atoms with Crippen molar-refractivity contribution in [3.63, 3.8) is 0 Å². The summed E-state index contributed by atoms with van der Waals surface area (Å²) in [6.07, 6.45) is 2.54. The smallest absolute Gasteiger partial charge is 0.265 e. The highest BCUT2D eigenvalue weighted by Gasteiger charge is 2.34. The Labute approximate surface area is 165 Å². The fourth-order valence-corrected chi connectivity index (χ4v) is 3.46. The van der Waals surface area contributed by atoms with Crippen LogP contribution in [0.2, 0.25) is 0 Å². The summed E-state index contributed by atoms with van der Waals surface area (Å²) in [5, 5.41) is 2.64. The van der Waals surface area contributed by atoms with Gasteiger partial charge >= 0.3 is 0 Å². The van der Waals surface area contributed by atoms with Crippen LogP contribution < -0.4 is 15.0 Å². The number of rotatable bonds is 5. The lowest BCUT2D eigenvalue weighted by Gasteiger charge is -2.38. The van der Waals surface area contributed by atoms with Crippen molar-refractivity contribution in [1.82, 2.24) is 15.1 Å². The molecular formula is C20H28N4O4. The van der Waals surface area contributed by atoms with Crippen LogP contribution in [0.4, 0.5) is 5.69 Å². The molecule has 2 aliphatic rings. The number of benzene rings is 1. The molecule has 1 aromatic carbocycles. The molecule has 0 radical (unpaired) electrons. The molecule has 1 atom stereocenters. The van der Waals surface area contributed by atoms with Gasteiger partial charge in [0.15, 0.2) is 6.10 Å². The molecule has 1 fully saturated rings. The highest BCUT2D eigenvalue weighted by Crippen LogP contribution is 2.33. The summed E-state index contributed by atoms with van der Waals surface area (Å²) >= 11 is 0. The Balaban J connectivity index is 1.68. The lowest BCUT2D eigenvalue weighted by molar-refractivity contribution is -0.139. The quantitative estimate of drug-likeness (QED) is 0.793. The summed E-state index contributed by atoms with van der Waals surface area (Å²) < 4.78 is 5.96. The van der Waals surface area contributed by atoms with Crippen LogP contribution in [0.1, 0.15) is 19.3 Å². The summed E-state index contributed by atoms with van der Waals surface area (Å²) in [6.45, 7) is 1.83. The van der Waals surface area contributed by atoms with E-state index in [1.807, 2.05) is 34.1 Å². The minimum absolute atomic E-state index is 0.0256. The monoisotopic (exact) mass is 388 g/mol. The van der Waals surface area contributed by atoms with Crippen LogP contribution in [0, 0.1) is 0 Å². The Hall–Kier alpha value is -2.77. The first-order valence-electron chi connectivity index (χ1n) is 9.72. The van der Waals surface area contributed by atoms with Crippen molar-refractivity contribution in [2.24, 2.45) is 0 Å². The minimum atomic E-state index is -0.635. The van der Waals surface area contributed by atoms with Gasteiger partial charge in [-0.1, -0.05) is 12.1 Å². The van der Waals surface area contributed by atoms with Gasteiger partial charge in [0.1, 0.15) is 5.75 Å². The van der Waals surface area contributed by atoms with Crippen LogP contribution in [0.25, 0.3) is 0 Å². The molecule has 0 aliphatic carbocycles. The van der Waals surface area contributed by atoms with Crippen molar-refractivity contribution in [2.75, 3.05) is 51.7 Å². The Morgan fingerprint density at radius 2 is 1.86 bits per heavy atom. The summed E-state index contributed by atoms with van der Waals surface area (Å²) in [7, 11) is 3.28. The lowest BCUT2D eigenvalue weighted by atomic mass is 10.1. The Kier molecular flexibility index (Phi) is 6.38. The number of nitrogens with one attached hydrogen (secondary N) is 1. The number of carbonyl (C=O) groups excluding carboxylic acids is 3. The maximum atomic E-state index is 12.9. The summed E-state index contributed by atoms with van der Waals surface area (Å²) in [6, 6.07) is 7.40. The molecule has 8 heteroatoms. The van der Waals surface area contributed by atoms with Gasteiger partial charge in [-0.15, -0.1) is 0 Å². The van der Waals surface area contributed by atoms with E-state index in [0.717, 1.165) is 38.0 Å². The summed E-state index contributed by atoms with van der Waals surface area (Å²) in [5.74, 6) is 0.133. The number of amides is 3. The Morgan fingerprint density at radius 1 is 1.14 bits per heavy atom. The van der Waals surface area contributed by atoms with E-state index in [1.54, 1.807) is 14.1 Å². The second kappa shape index (κ2) is 8.95. The van der Waals surface area contributed by atoms with Crippen molar-refractivity contribution < 1.29 is 19.1 Å². The molecule has 1 aromatic rings. The molecule has 0 aromatic heterocycles.